The Kier molecular flexibility index (Phi) is 11.5. The van der Waals surface area contributed by atoms with E-state index < -0.39 is 0 Å². The maximum absolute atomic E-state index is 5.34. The van der Waals surface area contributed by atoms with Gasteiger partial charge in [-0.15, -0.1) is 24.0 Å². The Morgan fingerprint density at radius 3 is 2.96 bits per heavy atom. The SMILES string of the molecule is CCOCCCNC(=NC)NCC1CCN(c2cccc(Br)c2)C1.I. The maximum Gasteiger partial charge on any atom is 0.190 e. The fraction of sp³-hybridized carbons (Fsp3) is 0.611. The summed E-state index contributed by atoms with van der Waals surface area (Å²) < 4.78 is 6.48. The van der Waals surface area contributed by atoms with Gasteiger partial charge in [0.2, 0.25) is 0 Å². The van der Waals surface area contributed by atoms with E-state index in [0.29, 0.717) is 5.92 Å². The van der Waals surface area contributed by atoms with Gasteiger partial charge in [-0.05, 0) is 43.9 Å². The normalized spacial score (nSPS) is 17.3. The van der Waals surface area contributed by atoms with Crippen molar-refractivity contribution < 1.29 is 4.74 Å². The first-order chi connectivity index (χ1) is 11.7. The highest BCUT2D eigenvalue weighted by Gasteiger charge is 2.22. The van der Waals surface area contributed by atoms with E-state index in [1.807, 2.05) is 14.0 Å². The number of benzene rings is 1. The van der Waals surface area contributed by atoms with E-state index >= 15 is 0 Å². The third kappa shape index (κ3) is 8.13. The van der Waals surface area contributed by atoms with Gasteiger partial charge in [0.1, 0.15) is 0 Å². The van der Waals surface area contributed by atoms with Crippen LogP contribution in [0.15, 0.2) is 33.7 Å². The molecular formula is C18H30BrIN4O. The number of nitrogens with zero attached hydrogens (tertiary/aromatic N) is 2. The maximum atomic E-state index is 5.34. The minimum atomic E-state index is 0. The van der Waals surface area contributed by atoms with Crippen molar-refractivity contribution in [3.63, 3.8) is 0 Å². The molecule has 0 aromatic heterocycles. The highest BCUT2D eigenvalue weighted by Crippen LogP contribution is 2.25. The van der Waals surface area contributed by atoms with Crippen LogP contribution in [0.4, 0.5) is 5.69 Å². The molecule has 1 aliphatic heterocycles. The molecule has 7 heteroatoms. The zero-order valence-electron chi connectivity index (χ0n) is 15.1. The summed E-state index contributed by atoms with van der Waals surface area (Å²) in [7, 11) is 1.82. The van der Waals surface area contributed by atoms with Crippen molar-refractivity contribution in [3.8, 4) is 0 Å². The Labute approximate surface area is 177 Å². The van der Waals surface area contributed by atoms with Gasteiger partial charge in [-0.3, -0.25) is 4.99 Å². The van der Waals surface area contributed by atoms with Crippen LogP contribution in [0.2, 0.25) is 0 Å². The molecule has 0 spiro atoms. The average Bonchev–Trinajstić information content (AvgIpc) is 3.06. The second kappa shape index (κ2) is 12.8. The van der Waals surface area contributed by atoms with E-state index in [4.69, 9.17) is 4.74 Å². The monoisotopic (exact) mass is 524 g/mol. The lowest BCUT2D eigenvalue weighted by molar-refractivity contribution is 0.145. The van der Waals surface area contributed by atoms with Crippen LogP contribution in [-0.2, 0) is 4.74 Å². The van der Waals surface area contributed by atoms with E-state index in [1.165, 1.54) is 12.1 Å². The van der Waals surface area contributed by atoms with E-state index in [1.54, 1.807) is 0 Å². The Morgan fingerprint density at radius 1 is 1.40 bits per heavy atom. The number of halogens is 2. The smallest absolute Gasteiger partial charge is 0.190 e. The molecule has 1 aromatic carbocycles. The van der Waals surface area contributed by atoms with Gasteiger partial charge in [-0.1, -0.05) is 22.0 Å². The number of rotatable bonds is 8. The summed E-state index contributed by atoms with van der Waals surface area (Å²) in [6.07, 6.45) is 2.20. The Morgan fingerprint density at radius 2 is 2.24 bits per heavy atom. The molecule has 0 bridgehead atoms. The molecule has 1 aromatic rings. The molecule has 1 heterocycles. The third-order valence-electron chi connectivity index (χ3n) is 4.20. The Hall–Kier alpha value is -0.540. The molecule has 1 atom stereocenters. The van der Waals surface area contributed by atoms with Crippen molar-refractivity contribution >= 4 is 51.6 Å². The van der Waals surface area contributed by atoms with Gasteiger partial charge in [0.25, 0.3) is 0 Å². The van der Waals surface area contributed by atoms with E-state index in [2.05, 4.69) is 60.7 Å². The molecule has 0 aliphatic carbocycles. The summed E-state index contributed by atoms with van der Waals surface area (Å²) in [6.45, 7) is 7.64. The second-order valence-corrected chi connectivity index (χ2v) is 6.93. The highest BCUT2D eigenvalue weighted by molar-refractivity contribution is 14.0. The minimum absolute atomic E-state index is 0. The topological polar surface area (TPSA) is 48.9 Å². The molecule has 1 fully saturated rings. The standard InChI is InChI=1S/C18H29BrN4O.HI/c1-3-24-11-5-9-21-18(20-2)22-13-15-8-10-23(14-15)17-7-4-6-16(19)12-17;/h4,6-7,12,15H,3,5,8-11,13-14H2,1-2H3,(H2,20,21,22);1H. The highest BCUT2D eigenvalue weighted by atomic mass is 127. The number of hydrogen-bond donors (Lipinski definition) is 2. The van der Waals surface area contributed by atoms with Crippen molar-refractivity contribution in [1.82, 2.24) is 10.6 Å². The minimum Gasteiger partial charge on any atom is -0.382 e. The molecule has 5 nitrogen and oxygen atoms in total. The predicted octanol–water partition coefficient (Wildman–Crippen LogP) is 3.49. The van der Waals surface area contributed by atoms with Crippen molar-refractivity contribution in [2.75, 3.05) is 51.3 Å². The molecule has 142 valence electrons. The molecule has 1 aliphatic rings. The Bertz CT molecular complexity index is 530. The third-order valence-corrected chi connectivity index (χ3v) is 4.70. The number of hydrogen-bond acceptors (Lipinski definition) is 3. The molecule has 1 unspecified atom stereocenters. The fourth-order valence-corrected chi connectivity index (χ4v) is 3.28. The number of aliphatic imine (C=N–C) groups is 1. The predicted molar refractivity (Wildman–Crippen MR) is 120 cm³/mol. The zero-order valence-corrected chi connectivity index (χ0v) is 19.0. The summed E-state index contributed by atoms with van der Waals surface area (Å²) in [4.78, 5) is 6.74. The van der Waals surface area contributed by atoms with Crippen LogP contribution < -0.4 is 15.5 Å². The molecule has 0 radical (unpaired) electrons. The zero-order chi connectivity index (χ0) is 17.2. The van der Waals surface area contributed by atoms with Gasteiger partial charge in [-0.2, -0.15) is 0 Å². The van der Waals surface area contributed by atoms with Crippen molar-refractivity contribution in [2.24, 2.45) is 10.9 Å². The van der Waals surface area contributed by atoms with Crippen LogP contribution in [0.3, 0.4) is 0 Å². The van der Waals surface area contributed by atoms with Gasteiger partial charge in [-0.25, -0.2) is 0 Å². The van der Waals surface area contributed by atoms with E-state index in [0.717, 1.165) is 56.2 Å². The summed E-state index contributed by atoms with van der Waals surface area (Å²) in [5, 5.41) is 6.79. The lowest BCUT2D eigenvalue weighted by Crippen LogP contribution is -2.40. The lowest BCUT2D eigenvalue weighted by Gasteiger charge is -2.19. The molecular weight excluding hydrogens is 495 g/mol. The van der Waals surface area contributed by atoms with Crippen LogP contribution in [0, 0.1) is 5.92 Å². The molecule has 2 rings (SSSR count). The summed E-state index contributed by atoms with van der Waals surface area (Å²) in [5.74, 6) is 1.53. The van der Waals surface area contributed by atoms with Gasteiger partial charge >= 0.3 is 0 Å². The van der Waals surface area contributed by atoms with Crippen LogP contribution in [0.25, 0.3) is 0 Å². The first-order valence-electron chi connectivity index (χ1n) is 8.75. The molecule has 1 saturated heterocycles. The summed E-state index contributed by atoms with van der Waals surface area (Å²) in [6, 6.07) is 8.53. The van der Waals surface area contributed by atoms with Crippen molar-refractivity contribution in [2.45, 2.75) is 19.8 Å². The van der Waals surface area contributed by atoms with Gasteiger partial charge in [0, 0.05) is 56.6 Å². The van der Waals surface area contributed by atoms with Gasteiger partial charge in [0.15, 0.2) is 5.96 Å². The van der Waals surface area contributed by atoms with Gasteiger partial charge < -0.3 is 20.3 Å². The van der Waals surface area contributed by atoms with Gasteiger partial charge in [0.05, 0.1) is 0 Å². The molecule has 2 N–H and O–H groups in total. The largest absolute Gasteiger partial charge is 0.382 e. The fourth-order valence-electron chi connectivity index (χ4n) is 2.89. The Balaban J connectivity index is 0.00000312. The number of ether oxygens (including phenoxy) is 1. The number of nitrogens with one attached hydrogen (secondary N) is 2. The van der Waals surface area contributed by atoms with Crippen molar-refractivity contribution in [1.29, 1.82) is 0 Å². The lowest BCUT2D eigenvalue weighted by atomic mass is 10.1. The second-order valence-electron chi connectivity index (χ2n) is 6.01. The summed E-state index contributed by atoms with van der Waals surface area (Å²) in [5.41, 5.74) is 1.30. The molecule has 25 heavy (non-hydrogen) atoms. The molecule has 0 amide bonds. The summed E-state index contributed by atoms with van der Waals surface area (Å²) >= 11 is 3.55. The number of anilines is 1. The quantitative estimate of drug-likeness (QED) is 0.236. The van der Waals surface area contributed by atoms with E-state index in [-0.39, 0.29) is 24.0 Å². The first-order valence-corrected chi connectivity index (χ1v) is 9.55. The molecule has 0 saturated carbocycles. The van der Waals surface area contributed by atoms with Crippen LogP contribution in [-0.4, -0.2) is 52.4 Å². The number of guanidine groups is 1. The van der Waals surface area contributed by atoms with Crippen LogP contribution in [0.1, 0.15) is 19.8 Å². The van der Waals surface area contributed by atoms with Crippen molar-refractivity contribution in [3.05, 3.63) is 28.7 Å². The van der Waals surface area contributed by atoms with Crippen LogP contribution in [0.5, 0.6) is 0 Å². The first kappa shape index (κ1) is 22.5. The van der Waals surface area contributed by atoms with E-state index in [9.17, 15) is 0 Å². The van der Waals surface area contributed by atoms with Crippen LogP contribution >= 0.6 is 39.9 Å². The average molecular weight is 525 g/mol.